The lowest BCUT2D eigenvalue weighted by Gasteiger charge is -2.11. The van der Waals surface area contributed by atoms with Gasteiger partial charge in [0.15, 0.2) is 6.61 Å². The smallest absolute Gasteiger partial charge is 0.262 e. The zero-order valence-corrected chi connectivity index (χ0v) is 16.4. The maximum atomic E-state index is 12.3. The Labute approximate surface area is 168 Å². The lowest BCUT2D eigenvalue weighted by molar-refractivity contribution is -0.118. The second-order valence-electron chi connectivity index (χ2n) is 5.80. The van der Waals surface area contributed by atoms with Crippen molar-refractivity contribution in [3.05, 3.63) is 44.0 Å². The van der Waals surface area contributed by atoms with Crippen LogP contribution in [0.25, 0.3) is 10.2 Å². The van der Waals surface area contributed by atoms with Gasteiger partial charge in [-0.05, 0) is 37.0 Å². The van der Waals surface area contributed by atoms with Crippen LogP contribution in [0, 0.1) is 0 Å². The molecule has 3 aromatic rings. The third-order valence-electron chi connectivity index (χ3n) is 4.08. The number of benzene rings is 1. The maximum absolute atomic E-state index is 12.3. The molecule has 0 radical (unpaired) electrons. The Bertz CT molecular complexity index is 999. The molecule has 0 spiro atoms. The van der Waals surface area contributed by atoms with Gasteiger partial charge in [-0.25, -0.2) is 9.97 Å². The highest BCUT2D eigenvalue weighted by molar-refractivity contribution is 7.18. The summed E-state index contributed by atoms with van der Waals surface area (Å²) >= 11 is 19.7. The number of hydrogen-bond donors (Lipinski definition) is 1. The van der Waals surface area contributed by atoms with E-state index in [1.165, 1.54) is 28.9 Å². The Kier molecular flexibility index (Phi) is 4.92. The van der Waals surface area contributed by atoms with Gasteiger partial charge in [0.25, 0.3) is 5.91 Å². The van der Waals surface area contributed by atoms with Crippen LogP contribution in [0.5, 0.6) is 5.88 Å². The number of amides is 1. The van der Waals surface area contributed by atoms with E-state index in [0.717, 1.165) is 29.5 Å². The standard InChI is InChI=1S/C17H12Cl3N3O2S/c18-8-4-10(19)15(11(20)5-8)23-13(24)6-25-16-14-9-2-1-3-12(9)26-17(14)22-7-21-16/h4-5,7H,1-3,6H2,(H,23,24). The Morgan fingerprint density at radius 1 is 1.19 bits per heavy atom. The molecule has 0 saturated carbocycles. The lowest BCUT2D eigenvalue weighted by atomic mass is 10.2. The van der Waals surface area contributed by atoms with Crippen LogP contribution in [0.2, 0.25) is 15.1 Å². The third kappa shape index (κ3) is 3.34. The Balaban J connectivity index is 1.51. The van der Waals surface area contributed by atoms with Crippen molar-refractivity contribution >= 4 is 68.0 Å². The van der Waals surface area contributed by atoms with Gasteiger partial charge in [-0.1, -0.05) is 34.8 Å². The number of carbonyl (C=O) groups is 1. The van der Waals surface area contributed by atoms with Gasteiger partial charge in [0.2, 0.25) is 5.88 Å². The van der Waals surface area contributed by atoms with Crippen molar-refractivity contribution in [1.29, 1.82) is 0 Å². The molecule has 0 fully saturated rings. The van der Waals surface area contributed by atoms with E-state index in [1.807, 2.05) is 0 Å². The molecular formula is C17H12Cl3N3O2S. The van der Waals surface area contributed by atoms with Crippen LogP contribution in [0.1, 0.15) is 16.9 Å². The number of nitrogens with zero attached hydrogens (tertiary/aromatic N) is 2. The number of hydrogen-bond acceptors (Lipinski definition) is 5. The van der Waals surface area contributed by atoms with E-state index < -0.39 is 5.91 Å². The quantitative estimate of drug-likeness (QED) is 0.623. The highest BCUT2D eigenvalue weighted by Crippen LogP contribution is 2.40. The van der Waals surface area contributed by atoms with Crippen molar-refractivity contribution in [2.75, 3.05) is 11.9 Å². The second-order valence-corrected chi connectivity index (χ2v) is 8.13. The van der Waals surface area contributed by atoms with Gasteiger partial charge < -0.3 is 10.1 Å². The molecule has 9 heteroatoms. The summed E-state index contributed by atoms with van der Waals surface area (Å²) in [7, 11) is 0. The fraction of sp³-hybridized carbons (Fsp3) is 0.235. The first-order valence-electron chi connectivity index (χ1n) is 7.85. The minimum Gasteiger partial charge on any atom is -0.467 e. The molecule has 0 bridgehead atoms. The summed E-state index contributed by atoms with van der Waals surface area (Å²) in [5.41, 5.74) is 1.54. The van der Waals surface area contributed by atoms with Crippen molar-refractivity contribution in [3.63, 3.8) is 0 Å². The summed E-state index contributed by atoms with van der Waals surface area (Å²) in [5, 5.41) is 4.47. The van der Waals surface area contributed by atoms with E-state index in [2.05, 4.69) is 15.3 Å². The molecule has 26 heavy (non-hydrogen) atoms. The number of carbonyl (C=O) groups excluding carboxylic acids is 1. The summed E-state index contributed by atoms with van der Waals surface area (Å²) < 4.78 is 5.67. The topological polar surface area (TPSA) is 64.1 Å². The van der Waals surface area contributed by atoms with Crippen molar-refractivity contribution in [2.45, 2.75) is 19.3 Å². The number of ether oxygens (including phenoxy) is 1. The summed E-state index contributed by atoms with van der Waals surface area (Å²) in [4.78, 5) is 23.0. The van der Waals surface area contributed by atoms with Crippen molar-refractivity contribution in [1.82, 2.24) is 9.97 Å². The number of fused-ring (bicyclic) bond motifs is 3. The van der Waals surface area contributed by atoms with E-state index in [4.69, 9.17) is 39.5 Å². The molecule has 1 aliphatic carbocycles. The second kappa shape index (κ2) is 7.19. The van der Waals surface area contributed by atoms with E-state index in [-0.39, 0.29) is 16.7 Å². The first-order chi connectivity index (χ1) is 12.5. The van der Waals surface area contributed by atoms with Gasteiger partial charge in [0.1, 0.15) is 11.2 Å². The molecule has 0 unspecified atom stereocenters. The van der Waals surface area contributed by atoms with Crippen LogP contribution in [0.15, 0.2) is 18.5 Å². The maximum Gasteiger partial charge on any atom is 0.262 e. The predicted octanol–water partition coefficient (Wildman–Crippen LogP) is 5.16. The Morgan fingerprint density at radius 3 is 2.73 bits per heavy atom. The molecule has 1 aliphatic rings. The van der Waals surface area contributed by atoms with Gasteiger partial charge in [0, 0.05) is 9.90 Å². The molecule has 2 heterocycles. The number of aromatic nitrogens is 2. The minimum atomic E-state index is -0.394. The molecule has 2 aromatic heterocycles. The predicted molar refractivity (Wildman–Crippen MR) is 105 cm³/mol. The summed E-state index contributed by atoms with van der Waals surface area (Å²) in [5.74, 6) is 0.0348. The van der Waals surface area contributed by atoms with E-state index in [0.29, 0.717) is 16.6 Å². The Hall–Kier alpha value is -1.60. The van der Waals surface area contributed by atoms with Gasteiger partial charge >= 0.3 is 0 Å². The molecule has 1 N–H and O–H groups in total. The summed E-state index contributed by atoms with van der Waals surface area (Å²) in [6.07, 6.45) is 4.62. The number of anilines is 1. The molecular weight excluding hydrogens is 417 g/mol. The highest BCUT2D eigenvalue weighted by Gasteiger charge is 2.22. The third-order valence-corrected chi connectivity index (χ3v) is 6.09. The first kappa shape index (κ1) is 17.8. The number of rotatable bonds is 4. The molecule has 4 rings (SSSR count). The molecule has 0 saturated heterocycles. The highest BCUT2D eigenvalue weighted by atomic mass is 35.5. The summed E-state index contributed by atoms with van der Waals surface area (Å²) in [6.45, 7) is -0.216. The molecule has 1 amide bonds. The zero-order chi connectivity index (χ0) is 18.3. The number of thiophene rings is 1. The summed E-state index contributed by atoms with van der Waals surface area (Å²) in [6, 6.07) is 3.02. The van der Waals surface area contributed by atoms with Gasteiger partial charge in [0.05, 0.1) is 21.1 Å². The average molecular weight is 429 g/mol. The van der Waals surface area contributed by atoms with Crippen LogP contribution in [-0.2, 0) is 17.6 Å². The molecule has 134 valence electrons. The molecule has 1 aromatic carbocycles. The van der Waals surface area contributed by atoms with E-state index in [9.17, 15) is 4.79 Å². The molecule has 0 atom stereocenters. The van der Waals surface area contributed by atoms with Crippen LogP contribution in [0.3, 0.4) is 0 Å². The SMILES string of the molecule is O=C(COc1ncnc2sc3c(c12)CCC3)Nc1c(Cl)cc(Cl)cc1Cl. The van der Waals surface area contributed by atoms with Gasteiger partial charge in [-0.15, -0.1) is 11.3 Å². The van der Waals surface area contributed by atoms with Gasteiger partial charge in [-0.3, -0.25) is 4.79 Å². The average Bonchev–Trinajstić information content (AvgIpc) is 3.17. The lowest BCUT2D eigenvalue weighted by Crippen LogP contribution is -2.21. The van der Waals surface area contributed by atoms with E-state index >= 15 is 0 Å². The number of aryl methyl sites for hydroxylation is 2. The van der Waals surface area contributed by atoms with Crippen LogP contribution in [-0.4, -0.2) is 22.5 Å². The van der Waals surface area contributed by atoms with Crippen molar-refractivity contribution in [3.8, 4) is 5.88 Å². The molecule has 0 aliphatic heterocycles. The number of nitrogens with one attached hydrogen (secondary N) is 1. The molecule has 5 nitrogen and oxygen atoms in total. The zero-order valence-electron chi connectivity index (χ0n) is 13.3. The van der Waals surface area contributed by atoms with Crippen molar-refractivity contribution in [2.24, 2.45) is 0 Å². The fourth-order valence-corrected chi connectivity index (χ4v) is 5.11. The monoisotopic (exact) mass is 427 g/mol. The van der Waals surface area contributed by atoms with E-state index in [1.54, 1.807) is 11.3 Å². The normalized spacial score (nSPS) is 13.0. The number of halogens is 3. The first-order valence-corrected chi connectivity index (χ1v) is 9.80. The largest absolute Gasteiger partial charge is 0.467 e. The van der Waals surface area contributed by atoms with Crippen LogP contribution >= 0.6 is 46.1 Å². The van der Waals surface area contributed by atoms with Crippen LogP contribution in [0.4, 0.5) is 5.69 Å². The fourth-order valence-electron chi connectivity index (χ4n) is 2.98. The van der Waals surface area contributed by atoms with Gasteiger partial charge in [-0.2, -0.15) is 0 Å². The van der Waals surface area contributed by atoms with Crippen LogP contribution < -0.4 is 10.1 Å². The minimum absolute atomic E-state index is 0.216. The Morgan fingerprint density at radius 2 is 1.96 bits per heavy atom. The van der Waals surface area contributed by atoms with Crippen molar-refractivity contribution < 1.29 is 9.53 Å².